The van der Waals surface area contributed by atoms with Gasteiger partial charge in [0.25, 0.3) is 0 Å². The van der Waals surface area contributed by atoms with E-state index in [9.17, 15) is 4.79 Å². The Labute approximate surface area is 59.0 Å². The van der Waals surface area contributed by atoms with Gasteiger partial charge in [0.1, 0.15) is 0 Å². The number of thioether (sulfide) groups is 1. The fraction of sp³-hybridized carbons (Fsp3) is 0.833. The van der Waals surface area contributed by atoms with Gasteiger partial charge in [-0.25, -0.2) is 0 Å². The van der Waals surface area contributed by atoms with Crippen LogP contribution in [-0.2, 0) is 9.53 Å². The van der Waals surface area contributed by atoms with Crippen LogP contribution in [0.25, 0.3) is 0 Å². The third-order valence-electron chi connectivity index (χ3n) is 1.37. The molecule has 0 saturated carbocycles. The van der Waals surface area contributed by atoms with Gasteiger partial charge in [0.2, 0.25) is 0 Å². The van der Waals surface area contributed by atoms with Gasteiger partial charge in [-0.05, 0) is 12.8 Å². The van der Waals surface area contributed by atoms with Crippen molar-refractivity contribution in [2.45, 2.75) is 18.9 Å². The Morgan fingerprint density at radius 2 is 2.67 bits per heavy atom. The maximum atomic E-state index is 9.87. The van der Waals surface area contributed by atoms with Crippen LogP contribution in [0.4, 0.5) is 0 Å². The summed E-state index contributed by atoms with van der Waals surface area (Å²) in [7, 11) is 0. The highest BCUT2D eigenvalue weighted by atomic mass is 32.2. The predicted octanol–water partition coefficient (Wildman–Crippen LogP) is 1.09. The van der Waals surface area contributed by atoms with Crippen LogP contribution in [0.5, 0.6) is 0 Å². The molecular formula is C6H10O2S. The van der Waals surface area contributed by atoms with Gasteiger partial charge in [-0.15, -0.1) is 0 Å². The van der Waals surface area contributed by atoms with Gasteiger partial charge in [-0.3, -0.25) is 4.79 Å². The molecule has 0 amide bonds. The number of hydrogen-bond donors (Lipinski definition) is 0. The summed E-state index contributed by atoms with van der Waals surface area (Å²) in [5.41, 5.74) is 0.877. The summed E-state index contributed by atoms with van der Waals surface area (Å²) in [4.78, 5) is 9.87. The normalized spacial score (nSPS) is 26.4. The second-order valence-corrected chi connectivity index (χ2v) is 2.92. The molecular weight excluding hydrogens is 136 g/mol. The largest absolute Gasteiger partial charge is 0.377 e. The Bertz CT molecular complexity index is 89.1. The van der Waals surface area contributed by atoms with E-state index < -0.39 is 0 Å². The molecule has 1 heterocycles. The fourth-order valence-corrected chi connectivity index (χ4v) is 1.48. The van der Waals surface area contributed by atoms with Crippen molar-refractivity contribution >= 4 is 17.4 Å². The first kappa shape index (κ1) is 7.09. The molecule has 0 aliphatic carbocycles. The average molecular weight is 146 g/mol. The quantitative estimate of drug-likeness (QED) is 0.557. The molecule has 1 aliphatic heterocycles. The Balaban J connectivity index is 2.04. The zero-order valence-corrected chi connectivity index (χ0v) is 6.02. The standard InChI is InChI=1S/C6H10O2S/c7-5-9-4-6-2-1-3-8-6/h5-6H,1-4H2. The third-order valence-corrected chi connectivity index (χ3v) is 2.07. The molecule has 1 aliphatic rings. The third kappa shape index (κ3) is 2.37. The molecule has 52 valence electrons. The highest BCUT2D eigenvalue weighted by Crippen LogP contribution is 2.15. The lowest BCUT2D eigenvalue weighted by Crippen LogP contribution is -2.07. The molecule has 1 saturated heterocycles. The van der Waals surface area contributed by atoms with E-state index in [1.54, 1.807) is 0 Å². The van der Waals surface area contributed by atoms with Gasteiger partial charge in [0.15, 0.2) is 5.62 Å². The molecule has 2 nitrogen and oxygen atoms in total. The first-order valence-electron chi connectivity index (χ1n) is 3.10. The van der Waals surface area contributed by atoms with Gasteiger partial charge in [-0.1, -0.05) is 11.8 Å². The lowest BCUT2D eigenvalue weighted by Gasteiger charge is -2.03. The Morgan fingerprint density at radius 3 is 3.22 bits per heavy atom. The van der Waals surface area contributed by atoms with Crippen molar-refractivity contribution in [1.29, 1.82) is 0 Å². The zero-order valence-electron chi connectivity index (χ0n) is 5.21. The first-order chi connectivity index (χ1) is 4.43. The van der Waals surface area contributed by atoms with E-state index in [-0.39, 0.29) is 0 Å². The van der Waals surface area contributed by atoms with Crippen molar-refractivity contribution in [3.05, 3.63) is 0 Å². The first-order valence-corrected chi connectivity index (χ1v) is 4.15. The van der Waals surface area contributed by atoms with Crippen molar-refractivity contribution in [3.8, 4) is 0 Å². The zero-order chi connectivity index (χ0) is 6.53. The average Bonchev–Trinajstić information content (AvgIpc) is 2.34. The summed E-state index contributed by atoms with van der Waals surface area (Å²) in [5, 5.41) is 0. The highest BCUT2D eigenvalue weighted by Gasteiger charge is 2.14. The van der Waals surface area contributed by atoms with E-state index in [0.717, 1.165) is 30.8 Å². The minimum atomic E-state index is 0.347. The number of ether oxygens (including phenoxy) is 1. The number of hydrogen-bond acceptors (Lipinski definition) is 3. The van der Waals surface area contributed by atoms with E-state index in [1.807, 2.05) is 0 Å². The molecule has 0 N–H and O–H groups in total. The summed E-state index contributed by atoms with van der Waals surface area (Å²) < 4.78 is 5.28. The van der Waals surface area contributed by atoms with Crippen LogP contribution in [0.2, 0.25) is 0 Å². The van der Waals surface area contributed by atoms with Crippen LogP contribution in [0.1, 0.15) is 12.8 Å². The monoisotopic (exact) mass is 146 g/mol. The van der Waals surface area contributed by atoms with E-state index in [2.05, 4.69) is 0 Å². The van der Waals surface area contributed by atoms with Crippen molar-refractivity contribution in [2.24, 2.45) is 0 Å². The molecule has 0 aromatic heterocycles. The number of rotatable bonds is 3. The van der Waals surface area contributed by atoms with Crippen molar-refractivity contribution in [3.63, 3.8) is 0 Å². The Morgan fingerprint density at radius 1 is 1.78 bits per heavy atom. The second-order valence-electron chi connectivity index (χ2n) is 2.06. The second kappa shape index (κ2) is 3.90. The molecule has 9 heavy (non-hydrogen) atoms. The van der Waals surface area contributed by atoms with E-state index >= 15 is 0 Å². The minimum absolute atomic E-state index is 0.347. The molecule has 1 fully saturated rings. The lowest BCUT2D eigenvalue weighted by atomic mass is 10.3. The summed E-state index contributed by atoms with van der Waals surface area (Å²) >= 11 is 1.30. The SMILES string of the molecule is O=CSCC1CCCO1. The van der Waals surface area contributed by atoms with Crippen molar-refractivity contribution in [1.82, 2.24) is 0 Å². The highest BCUT2D eigenvalue weighted by molar-refractivity contribution is 8.11. The van der Waals surface area contributed by atoms with Crippen molar-refractivity contribution in [2.75, 3.05) is 12.4 Å². The van der Waals surface area contributed by atoms with Gasteiger partial charge in [0.05, 0.1) is 6.10 Å². The molecule has 1 unspecified atom stereocenters. The van der Waals surface area contributed by atoms with Crippen LogP contribution in [0.3, 0.4) is 0 Å². The smallest absolute Gasteiger partial charge is 0.176 e. The summed E-state index contributed by atoms with van der Waals surface area (Å²) in [6, 6.07) is 0. The summed E-state index contributed by atoms with van der Waals surface area (Å²) in [6.45, 7) is 0.879. The Hall–Kier alpha value is -0.0200. The van der Waals surface area contributed by atoms with E-state index in [4.69, 9.17) is 4.74 Å². The van der Waals surface area contributed by atoms with Crippen LogP contribution in [0.15, 0.2) is 0 Å². The predicted molar refractivity (Wildman–Crippen MR) is 38.2 cm³/mol. The molecule has 0 radical (unpaired) electrons. The summed E-state index contributed by atoms with van der Waals surface area (Å²) in [5.74, 6) is 0.837. The molecule has 0 aromatic rings. The van der Waals surface area contributed by atoms with Crippen molar-refractivity contribution < 1.29 is 9.53 Å². The van der Waals surface area contributed by atoms with Crippen LogP contribution in [-0.4, -0.2) is 24.1 Å². The fourth-order valence-electron chi connectivity index (χ4n) is 0.922. The van der Waals surface area contributed by atoms with Gasteiger partial charge < -0.3 is 4.74 Å². The van der Waals surface area contributed by atoms with Crippen LogP contribution in [0, 0.1) is 0 Å². The molecule has 0 aromatic carbocycles. The maximum Gasteiger partial charge on any atom is 0.176 e. The number of carbonyl (C=O) groups excluding carboxylic acids is 1. The van der Waals surface area contributed by atoms with Crippen LogP contribution < -0.4 is 0 Å². The molecule has 0 bridgehead atoms. The summed E-state index contributed by atoms with van der Waals surface area (Å²) in [6.07, 6.45) is 2.63. The topological polar surface area (TPSA) is 26.3 Å². The van der Waals surface area contributed by atoms with E-state index in [1.165, 1.54) is 11.8 Å². The number of carbonyl (C=O) groups is 1. The molecule has 1 rings (SSSR count). The van der Waals surface area contributed by atoms with Gasteiger partial charge >= 0.3 is 0 Å². The van der Waals surface area contributed by atoms with Gasteiger partial charge in [-0.2, -0.15) is 0 Å². The molecule has 1 atom stereocenters. The van der Waals surface area contributed by atoms with E-state index in [0.29, 0.717) is 6.10 Å². The maximum absolute atomic E-state index is 9.87. The van der Waals surface area contributed by atoms with Gasteiger partial charge in [0, 0.05) is 12.4 Å². The molecule has 3 heteroatoms. The van der Waals surface area contributed by atoms with Crippen LogP contribution >= 0.6 is 11.8 Å². The minimum Gasteiger partial charge on any atom is -0.377 e. The molecule has 0 spiro atoms. The Kier molecular flexibility index (Phi) is 3.08. The lowest BCUT2D eigenvalue weighted by molar-refractivity contribution is 0.129.